The number of fused-ring (bicyclic) bond motifs is 1. The Morgan fingerprint density at radius 3 is 2.71 bits per heavy atom. The van der Waals surface area contributed by atoms with Gasteiger partial charge < -0.3 is 5.73 Å². The number of terminal acetylenes is 1. The summed E-state index contributed by atoms with van der Waals surface area (Å²) < 4.78 is 43.1. The van der Waals surface area contributed by atoms with Gasteiger partial charge in [-0.15, -0.1) is 6.42 Å². The first-order valence-corrected chi connectivity index (χ1v) is 6.58. The van der Waals surface area contributed by atoms with Crippen molar-refractivity contribution < 1.29 is 17.8 Å². The maximum absolute atomic E-state index is 12.8. The molecule has 0 saturated heterocycles. The zero-order valence-corrected chi connectivity index (χ0v) is 12.2. The molecule has 3 heterocycles. The molecule has 0 bridgehead atoms. The van der Waals surface area contributed by atoms with Crippen LogP contribution in [-0.2, 0) is 12.6 Å². The molecular weight excluding hydrogens is 325 g/mol. The second-order valence-electron chi connectivity index (χ2n) is 4.89. The molecule has 2 N–H and O–H groups in total. The van der Waals surface area contributed by atoms with E-state index in [1.165, 1.54) is 0 Å². The van der Waals surface area contributed by atoms with Gasteiger partial charge in [-0.3, -0.25) is 0 Å². The molecule has 122 valence electrons. The van der Waals surface area contributed by atoms with Crippen LogP contribution in [-0.4, -0.2) is 25.3 Å². The first kappa shape index (κ1) is 15.7. The molecule has 3 rings (SSSR count). The zero-order chi connectivity index (χ0) is 17.5. The Hall–Kier alpha value is -3.22. The molecule has 24 heavy (non-hydrogen) atoms. The van der Waals surface area contributed by atoms with Crippen molar-refractivity contribution >= 4 is 16.9 Å². The average Bonchev–Trinajstić information content (AvgIpc) is 2.98. The van der Waals surface area contributed by atoms with Crippen LogP contribution in [0.4, 0.5) is 18.9 Å². The van der Waals surface area contributed by atoms with E-state index in [2.05, 4.69) is 29.9 Å². The summed E-state index contributed by atoms with van der Waals surface area (Å²) in [6.07, 6.45) is 1.20. The van der Waals surface area contributed by atoms with E-state index in [4.69, 9.17) is 12.2 Å². The summed E-state index contributed by atoms with van der Waals surface area (Å²) in [5.41, 5.74) is 6.20. The maximum atomic E-state index is 12.8. The second-order valence-corrected chi connectivity index (χ2v) is 4.89. The Morgan fingerprint density at radius 2 is 2.04 bits per heavy atom. The van der Waals surface area contributed by atoms with Crippen molar-refractivity contribution in [3.8, 4) is 12.3 Å². The molecule has 7 nitrogen and oxygen atoms in total. The lowest BCUT2D eigenvalue weighted by atomic mass is 10.1. The van der Waals surface area contributed by atoms with Gasteiger partial charge in [0, 0.05) is 23.9 Å². The minimum atomic E-state index is -4.62. The summed E-state index contributed by atoms with van der Waals surface area (Å²) in [5.74, 6) is 2.01. The molecule has 3 aromatic rings. The highest BCUT2D eigenvalue weighted by Crippen LogP contribution is 2.31. The van der Waals surface area contributed by atoms with Crippen molar-refractivity contribution in [1.29, 1.82) is 0 Å². The lowest BCUT2D eigenvalue weighted by molar-refractivity contribution is -0.138. The summed E-state index contributed by atoms with van der Waals surface area (Å²) in [6, 6.07) is 0. The first-order valence-electron chi connectivity index (χ1n) is 6.58. The van der Waals surface area contributed by atoms with E-state index >= 15 is 0 Å². The Balaban J connectivity index is 2.05. The lowest BCUT2D eigenvalue weighted by Crippen LogP contribution is -2.13. The highest BCUT2D eigenvalue weighted by molar-refractivity contribution is 5.85. The minimum Gasteiger partial charge on any atom is -0.396 e. The van der Waals surface area contributed by atoms with Crippen molar-refractivity contribution in [2.45, 2.75) is 19.5 Å². The van der Waals surface area contributed by atoms with Crippen LogP contribution >= 0.6 is 0 Å². The molecule has 0 unspecified atom stereocenters. The van der Waals surface area contributed by atoms with Crippen LogP contribution in [0.2, 0.25) is 0 Å². The third-order valence-corrected chi connectivity index (χ3v) is 3.38. The summed E-state index contributed by atoms with van der Waals surface area (Å²) in [6.45, 7) is 1.67. The fraction of sp³-hybridized carbons (Fsp3) is 0.214. The van der Waals surface area contributed by atoms with Crippen LogP contribution in [0.1, 0.15) is 28.3 Å². The third-order valence-electron chi connectivity index (χ3n) is 3.38. The Morgan fingerprint density at radius 1 is 1.29 bits per heavy atom. The Labute approximate surface area is 133 Å². The van der Waals surface area contributed by atoms with Gasteiger partial charge in [0.25, 0.3) is 0 Å². The fourth-order valence-corrected chi connectivity index (χ4v) is 2.19. The van der Waals surface area contributed by atoms with Gasteiger partial charge >= 0.3 is 6.18 Å². The van der Waals surface area contributed by atoms with E-state index in [0.717, 1.165) is 0 Å². The largest absolute Gasteiger partial charge is 0.420 e. The van der Waals surface area contributed by atoms with Crippen LogP contribution < -0.4 is 5.73 Å². The third kappa shape index (κ3) is 2.60. The van der Waals surface area contributed by atoms with Gasteiger partial charge in [-0.25, -0.2) is 19.6 Å². The Bertz CT molecular complexity index is 973. The Kier molecular flexibility index (Phi) is 3.56. The van der Waals surface area contributed by atoms with Crippen LogP contribution in [0.3, 0.4) is 0 Å². The van der Waals surface area contributed by atoms with Gasteiger partial charge in [-0.2, -0.15) is 13.2 Å². The molecule has 0 aliphatic rings. The molecule has 0 amide bonds. The van der Waals surface area contributed by atoms with E-state index in [0.29, 0.717) is 17.5 Å². The predicted molar refractivity (Wildman–Crippen MR) is 76.5 cm³/mol. The number of halogens is 3. The number of alkyl halides is 3. The summed E-state index contributed by atoms with van der Waals surface area (Å²) >= 11 is 0. The van der Waals surface area contributed by atoms with Gasteiger partial charge in [0.15, 0.2) is 5.52 Å². The molecule has 0 saturated carbocycles. The highest BCUT2D eigenvalue weighted by atomic mass is 19.4. The maximum Gasteiger partial charge on any atom is 0.420 e. The first-order chi connectivity index (χ1) is 11.3. The molecule has 0 fully saturated rings. The van der Waals surface area contributed by atoms with E-state index in [-0.39, 0.29) is 29.1 Å². The van der Waals surface area contributed by atoms with Crippen LogP contribution in [0.5, 0.6) is 0 Å². The number of pyridine rings is 1. The SMILES string of the molecule is C#Cc1nc(Cc2c(C)nc3nonc3c2N)ncc1C(F)(F)F. The number of nitrogen functional groups attached to an aromatic ring is 1. The summed E-state index contributed by atoms with van der Waals surface area (Å²) in [7, 11) is 0. The summed E-state index contributed by atoms with van der Waals surface area (Å²) in [5, 5.41) is 7.24. The molecule has 0 aromatic carbocycles. The molecule has 0 aliphatic carbocycles. The molecule has 3 aromatic heterocycles. The number of aromatic nitrogens is 5. The standard InChI is InChI=1S/C14H9F3N6O/c1-3-9-8(14(15,16)17)5-19-10(21-9)4-7-6(2)20-13-12(11(7)18)22-24-23-13/h1,5H,4,18H2,2H3. The number of anilines is 1. The van der Waals surface area contributed by atoms with Crippen LogP contribution in [0.25, 0.3) is 11.2 Å². The van der Waals surface area contributed by atoms with Crippen LogP contribution in [0.15, 0.2) is 10.8 Å². The number of hydrogen-bond acceptors (Lipinski definition) is 7. The predicted octanol–water partition coefficient (Wildman–Crippen LogP) is 1.89. The molecule has 0 radical (unpaired) electrons. The van der Waals surface area contributed by atoms with Crippen molar-refractivity contribution in [2.24, 2.45) is 0 Å². The number of rotatable bonds is 2. The van der Waals surface area contributed by atoms with Gasteiger partial charge in [0.1, 0.15) is 17.1 Å². The smallest absolute Gasteiger partial charge is 0.396 e. The molecule has 0 spiro atoms. The lowest BCUT2D eigenvalue weighted by Gasteiger charge is -2.11. The number of nitrogens with two attached hydrogens (primary N) is 1. The van der Waals surface area contributed by atoms with Crippen molar-refractivity contribution in [2.75, 3.05) is 5.73 Å². The van der Waals surface area contributed by atoms with Crippen LogP contribution in [0, 0.1) is 19.3 Å². The van der Waals surface area contributed by atoms with Gasteiger partial charge in [-0.05, 0) is 23.2 Å². The molecule has 10 heteroatoms. The second kappa shape index (κ2) is 5.45. The normalized spacial score (nSPS) is 11.6. The topological polar surface area (TPSA) is 104 Å². The zero-order valence-electron chi connectivity index (χ0n) is 12.2. The monoisotopic (exact) mass is 334 g/mol. The molecule has 0 aliphatic heterocycles. The van der Waals surface area contributed by atoms with Crippen molar-refractivity contribution in [3.05, 3.63) is 34.5 Å². The number of aryl methyl sites for hydroxylation is 1. The average molecular weight is 334 g/mol. The van der Waals surface area contributed by atoms with E-state index in [9.17, 15) is 13.2 Å². The molecule has 0 atom stereocenters. The minimum absolute atomic E-state index is 0.0419. The highest BCUT2D eigenvalue weighted by Gasteiger charge is 2.34. The van der Waals surface area contributed by atoms with E-state index < -0.39 is 17.4 Å². The summed E-state index contributed by atoms with van der Waals surface area (Å²) in [4.78, 5) is 11.7. The number of hydrogen-bond donors (Lipinski definition) is 1. The van der Waals surface area contributed by atoms with E-state index in [1.807, 2.05) is 5.92 Å². The van der Waals surface area contributed by atoms with Crippen molar-refractivity contribution in [1.82, 2.24) is 25.3 Å². The number of nitrogens with zero attached hydrogens (tertiary/aromatic N) is 5. The fourth-order valence-electron chi connectivity index (χ4n) is 2.19. The van der Waals surface area contributed by atoms with Gasteiger partial charge in [0.2, 0.25) is 5.65 Å². The molecular formula is C14H9F3N6O. The van der Waals surface area contributed by atoms with Gasteiger partial charge in [-0.1, -0.05) is 0 Å². The quantitative estimate of drug-likeness (QED) is 0.714. The van der Waals surface area contributed by atoms with Gasteiger partial charge in [0.05, 0.1) is 5.69 Å². The van der Waals surface area contributed by atoms with Crippen molar-refractivity contribution in [3.63, 3.8) is 0 Å². The van der Waals surface area contributed by atoms with E-state index in [1.54, 1.807) is 6.92 Å².